The Hall–Kier alpha value is -1.40. The number of hydrogen-bond acceptors (Lipinski definition) is 8. The maximum atomic E-state index is 10.5. The van der Waals surface area contributed by atoms with Gasteiger partial charge in [-0.3, -0.25) is 19.4 Å². The number of aliphatic carboxylic acids is 4. The molecule has 21 heavy (non-hydrogen) atoms. The number of hydrogen-bond donors (Lipinski definition) is 2. The van der Waals surface area contributed by atoms with Gasteiger partial charge in [-0.05, 0) is 0 Å². The van der Waals surface area contributed by atoms with E-state index in [1.165, 1.54) is 0 Å². The zero-order chi connectivity index (χ0) is 15.7. The summed E-state index contributed by atoms with van der Waals surface area (Å²) in [6.07, 6.45) is 0. The van der Waals surface area contributed by atoms with Crippen LogP contribution in [0.2, 0.25) is 0 Å². The van der Waals surface area contributed by atoms with Gasteiger partial charge in [-0.15, -0.1) is 0 Å². The van der Waals surface area contributed by atoms with E-state index in [1.807, 2.05) is 0 Å². The normalized spacial score (nSPS) is 10.2. The third kappa shape index (κ3) is 13.3. The second-order valence-electron chi connectivity index (χ2n) is 3.95. The molecule has 0 aromatic rings. The van der Waals surface area contributed by atoms with Gasteiger partial charge in [0.05, 0.1) is 25.0 Å². The number of nitrogens with zero attached hydrogens (tertiary/aromatic N) is 2. The number of rotatable bonds is 11. The van der Waals surface area contributed by atoms with Crippen molar-refractivity contribution in [1.82, 2.24) is 9.80 Å². The zero-order valence-corrected chi connectivity index (χ0v) is 13.8. The Morgan fingerprint density at radius 2 is 1.00 bits per heavy atom. The minimum absolute atomic E-state index is 0. The van der Waals surface area contributed by atoms with E-state index in [-0.39, 0.29) is 37.0 Å². The van der Waals surface area contributed by atoms with Gasteiger partial charge in [0, 0.05) is 26.2 Å². The summed E-state index contributed by atoms with van der Waals surface area (Å²) in [6.45, 7) is -2.75. The Morgan fingerprint density at radius 3 is 1.24 bits per heavy atom. The van der Waals surface area contributed by atoms with E-state index >= 15 is 0 Å². The largest absolute Gasteiger partial charge is 2.00 e. The van der Waals surface area contributed by atoms with Crippen molar-refractivity contribution < 1.29 is 39.6 Å². The summed E-state index contributed by atoms with van der Waals surface area (Å²) in [7, 11) is 0. The number of carboxylic acids is 4. The van der Waals surface area contributed by atoms with Crippen molar-refractivity contribution in [2.45, 2.75) is 0 Å². The second kappa shape index (κ2) is 11.3. The van der Waals surface area contributed by atoms with Gasteiger partial charge >= 0.3 is 35.8 Å². The van der Waals surface area contributed by atoms with Crippen LogP contribution < -0.4 is 10.2 Å². The minimum Gasteiger partial charge on any atom is -0.549 e. The first kappa shape index (κ1) is 21.9. The maximum absolute atomic E-state index is 10.5. The fourth-order valence-electron chi connectivity index (χ4n) is 1.46. The third-order valence-electron chi connectivity index (χ3n) is 2.16. The summed E-state index contributed by atoms with van der Waals surface area (Å²) < 4.78 is 0. The molecule has 0 aliphatic rings. The van der Waals surface area contributed by atoms with Crippen molar-refractivity contribution in [3.8, 4) is 0 Å². The molecule has 116 valence electrons. The first-order valence-corrected chi connectivity index (χ1v) is 5.48. The summed E-state index contributed by atoms with van der Waals surface area (Å²) in [5.74, 6) is -5.52. The summed E-state index contributed by atoms with van der Waals surface area (Å²) in [5, 5.41) is 38.0. The molecule has 0 unspecified atom stereocenters. The zero-order valence-electron chi connectivity index (χ0n) is 11.0. The van der Waals surface area contributed by atoms with Crippen LogP contribution in [0.3, 0.4) is 0 Å². The minimum atomic E-state index is -1.51. The first-order valence-electron chi connectivity index (χ1n) is 5.48. The topological polar surface area (TPSA) is 161 Å². The average molecular weight is 409 g/mol. The molecule has 0 aliphatic heterocycles. The summed E-state index contributed by atoms with van der Waals surface area (Å²) in [6, 6.07) is 0. The van der Waals surface area contributed by atoms with Crippen LogP contribution in [-0.4, -0.2) is 107 Å². The number of carboxylic acid groups (broad SMARTS) is 4. The molecule has 0 atom stereocenters. The monoisotopic (exact) mass is 410 g/mol. The molecule has 0 aliphatic carbocycles. The van der Waals surface area contributed by atoms with E-state index in [9.17, 15) is 29.4 Å². The molecule has 2 radical (unpaired) electrons. The molecule has 0 fully saturated rings. The van der Waals surface area contributed by atoms with Crippen LogP contribution in [0.5, 0.6) is 0 Å². The van der Waals surface area contributed by atoms with Crippen LogP contribution in [0, 0.1) is 0 Å². The molecule has 0 saturated carbocycles. The van der Waals surface area contributed by atoms with Gasteiger partial charge in [0.2, 0.25) is 0 Å². The molecule has 0 heterocycles. The molecule has 0 rings (SSSR count). The third-order valence-corrected chi connectivity index (χ3v) is 2.16. The molecule has 10 nitrogen and oxygen atoms in total. The van der Waals surface area contributed by atoms with Gasteiger partial charge in [-0.2, -0.15) is 0 Å². The smallest absolute Gasteiger partial charge is 0.549 e. The van der Waals surface area contributed by atoms with Gasteiger partial charge < -0.3 is 30.0 Å². The molecule has 0 aromatic heterocycles. The quantitative estimate of drug-likeness (QED) is 0.316. The van der Waals surface area contributed by atoms with Crippen LogP contribution in [-0.2, 0) is 19.2 Å². The van der Waals surface area contributed by atoms with Crippen LogP contribution in [0.4, 0.5) is 0 Å². The molecule has 0 amide bonds. The fraction of sp³-hybridized carbons (Fsp3) is 0.600. The summed E-state index contributed by atoms with van der Waals surface area (Å²) in [5.41, 5.74) is 0. The Kier molecular flexibility index (Phi) is 11.8. The molecule has 2 N–H and O–H groups in total. The number of carbonyl (C=O) groups is 4. The van der Waals surface area contributed by atoms with Crippen LogP contribution >= 0.6 is 0 Å². The van der Waals surface area contributed by atoms with Crippen molar-refractivity contribution in [2.24, 2.45) is 0 Å². The van der Waals surface area contributed by atoms with E-state index < -0.39 is 50.1 Å². The molecule has 0 aromatic carbocycles. The standard InChI is InChI=1S/C10H16N2O8.Sn/c13-7(14)3-11(4-8(15)16)1-2-12(5-9(17)18)6-10(19)20;/h1-6H2,(H,13,14)(H,15,16)(H,17,18)(H,19,20);/q;+2/p-2. The Bertz CT molecular complexity index is 321. The van der Waals surface area contributed by atoms with Crippen molar-refractivity contribution in [2.75, 3.05) is 39.3 Å². The average Bonchev–Trinajstić information content (AvgIpc) is 2.22. The van der Waals surface area contributed by atoms with Gasteiger partial charge in [-0.25, -0.2) is 0 Å². The maximum Gasteiger partial charge on any atom is 2.00 e. The molecule has 11 heteroatoms. The summed E-state index contributed by atoms with van der Waals surface area (Å²) in [4.78, 5) is 43.9. The Labute approximate surface area is 136 Å². The fourth-order valence-corrected chi connectivity index (χ4v) is 1.46. The van der Waals surface area contributed by atoms with Crippen LogP contribution in [0.25, 0.3) is 0 Å². The van der Waals surface area contributed by atoms with Gasteiger partial charge in [-0.1, -0.05) is 0 Å². The second-order valence-corrected chi connectivity index (χ2v) is 3.95. The van der Waals surface area contributed by atoms with Crippen molar-refractivity contribution >= 4 is 47.8 Å². The number of carbonyl (C=O) groups excluding carboxylic acids is 2. The molecule has 0 saturated heterocycles. The van der Waals surface area contributed by atoms with Crippen LogP contribution in [0.15, 0.2) is 0 Å². The van der Waals surface area contributed by atoms with E-state index in [4.69, 9.17) is 10.2 Å². The van der Waals surface area contributed by atoms with Crippen LogP contribution in [0.1, 0.15) is 0 Å². The van der Waals surface area contributed by atoms with Crippen molar-refractivity contribution in [1.29, 1.82) is 0 Å². The SMILES string of the molecule is O=C([O-])CN(CCN(CC(=O)O)CC(=O)O)CC(=O)[O-].[Sn+2]. The predicted octanol–water partition coefficient (Wildman–Crippen LogP) is -5.12. The first-order chi connectivity index (χ1) is 9.20. The molecular weight excluding hydrogens is 395 g/mol. The molecule has 0 bridgehead atoms. The van der Waals surface area contributed by atoms with Crippen molar-refractivity contribution in [3.63, 3.8) is 0 Å². The van der Waals surface area contributed by atoms with E-state index in [0.29, 0.717) is 0 Å². The van der Waals surface area contributed by atoms with E-state index in [0.717, 1.165) is 9.80 Å². The molecular formula is C10H14N2O8Sn. The van der Waals surface area contributed by atoms with Gasteiger partial charge in [0.25, 0.3) is 0 Å². The summed E-state index contributed by atoms with van der Waals surface area (Å²) >= 11 is 0. The predicted molar refractivity (Wildman–Crippen MR) is 63.9 cm³/mol. The van der Waals surface area contributed by atoms with E-state index in [1.54, 1.807) is 0 Å². The van der Waals surface area contributed by atoms with E-state index in [2.05, 4.69) is 0 Å². The Balaban J connectivity index is 0. The van der Waals surface area contributed by atoms with Crippen molar-refractivity contribution in [3.05, 3.63) is 0 Å². The van der Waals surface area contributed by atoms with Gasteiger partial charge in [0.1, 0.15) is 0 Å². The molecule has 0 spiro atoms. The Morgan fingerprint density at radius 1 is 0.714 bits per heavy atom. The van der Waals surface area contributed by atoms with Gasteiger partial charge in [0.15, 0.2) is 0 Å².